The van der Waals surface area contributed by atoms with E-state index < -0.39 is 7.14 Å². The molecule has 0 saturated carbocycles. The summed E-state index contributed by atoms with van der Waals surface area (Å²) in [5, 5.41) is 12.7. The van der Waals surface area contributed by atoms with Crippen LogP contribution in [0.2, 0.25) is 0 Å². The van der Waals surface area contributed by atoms with Crippen LogP contribution in [0.5, 0.6) is 0 Å². The number of rotatable bonds is 3. The number of fused-ring (bicyclic) bond motifs is 15. The Bertz CT molecular complexity index is 3340. The zero-order chi connectivity index (χ0) is 38.4. The quantitative estimate of drug-likeness (QED) is 0.129. The van der Waals surface area contributed by atoms with E-state index in [2.05, 4.69) is 191 Å². The normalized spacial score (nSPS) is 15.0. The maximum atomic E-state index is 16.7. The molecule has 1 heterocycles. The third kappa shape index (κ3) is 4.38. The van der Waals surface area contributed by atoms with E-state index in [9.17, 15) is 0 Å². The average molecular weight is 767 g/mol. The molecule has 0 amide bonds. The molecule has 0 saturated heterocycles. The standard InChI is InChI=1S/C54H39OPS/c1-53(2)47-19-11-9-17-39(47)44-27-32(22-25-49(44)53)56(55,33-23-26-50-45(28-33)40-18-10-12-20-48(40)54(50,3)4)34-21-24-41-46-30-42-37-15-7-5-13-35(37)36-14-6-8-16-38(36)43(42)31-52(46)57-51(41)29-34/h5-31H,1-4H3. The van der Waals surface area contributed by atoms with Crippen molar-refractivity contribution in [2.75, 3.05) is 0 Å². The molecular weight excluding hydrogens is 728 g/mol. The molecule has 9 aromatic carbocycles. The van der Waals surface area contributed by atoms with Crippen molar-refractivity contribution in [1.82, 2.24) is 0 Å². The first-order chi connectivity index (χ1) is 27.6. The topological polar surface area (TPSA) is 17.1 Å². The van der Waals surface area contributed by atoms with Crippen LogP contribution >= 0.6 is 18.5 Å². The molecule has 3 heteroatoms. The minimum atomic E-state index is -3.40. The summed E-state index contributed by atoms with van der Waals surface area (Å²) < 4.78 is 19.1. The van der Waals surface area contributed by atoms with Crippen molar-refractivity contribution >= 4 is 86.9 Å². The molecule has 2 aliphatic rings. The van der Waals surface area contributed by atoms with Crippen LogP contribution in [0.15, 0.2) is 164 Å². The van der Waals surface area contributed by atoms with E-state index in [0.29, 0.717) is 0 Å². The second kappa shape index (κ2) is 11.4. The molecule has 12 rings (SSSR count). The fourth-order valence-corrected chi connectivity index (χ4v) is 14.5. The van der Waals surface area contributed by atoms with E-state index in [-0.39, 0.29) is 10.8 Å². The molecule has 0 N–H and O–H groups in total. The van der Waals surface area contributed by atoms with Crippen molar-refractivity contribution in [2.45, 2.75) is 38.5 Å². The molecule has 0 fully saturated rings. The van der Waals surface area contributed by atoms with Gasteiger partial charge in [-0.2, -0.15) is 0 Å². The zero-order valence-electron chi connectivity index (χ0n) is 32.4. The predicted molar refractivity (Wildman–Crippen MR) is 246 cm³/mol. The highest BCUT2D eigenvalue weighted by Gasteiger charge is 2.40. The Kier molecular flexibility index (Phi) is 6.68. The highest BCUT2D eigenvalue weighted by Crippen LogP contribution is 2.54. The van der Waals surface area contributed by atoms with E-state index in [4.69, 9.17) is 0 Å². The van der Waals surface area contributed by atoms with Crippen LogP contribution in [0.25, 0.3) is 74.7 Å². The first-order valence-corrected chi connectivity index (χ1v) is 22.5. The molecule has 10 aromatic rings. The minimum absolute atomic E-state index is 0.131. The summed E-state index contributed by atoms with van der Waals surface area (Å²) in [4.78, 5) is 0. The van der Waals surface area contributed by atoms with E-state index >= 15 is 4.57 Å². The van der Waals surface area contributed by atoms with E-state index in [1.165, 1.54) is 92.3 Å². The lowest BCUT2D eigenvalue weighted by atomic mass is 9.82. The van der Waals surface area contributed by atoms with Gasteiger partial charge in [-0.15, -0.1) is 11.3 Å². The number of hydrogen-bond donors (Lipinski definition) is 0. The molecular formula is C54H39OPS. The smallest absolute Gasteiger partial charge is 0.171 e. The lowest BCUT2D eigenvalue weighted by Crippen LogP contribution is -2.26. The van der Waals surface area contributed by atoms with Gasteiger partial charge < -0.3 is 4.57 Å². The minimum Gasteiger partial charge on any atom is -0.309 e. The first-order valence-electron chi connectivity index (χ1n) is 19.9. The van der Waals surface area contributed by atoms with Gasteiger partial charge in [-0.25, -0.2) is 0 Å². The van der Waals surface area contributed by atoms with Crippen LogP contribution in [0, 0.1) is 0 Å². The van der Waals surface area contributed by atoms with E-state index in [1.807, 2.05) is 11.3 Å². The lowest BCUT2D eigenvalue weighted by molar-refractivity contribution is 0.592. The second-order valence-electron chi connectivity index (χ2n) is 17.2. The third-order valence-corrected chi connectivity index (χ3v) is 17.7. The van der Waals surface area contributed by atoms with E-state index in [1.54, 1.807) is 0 Å². The van der Waals surface area contributed by atoms with Crippen LogP contribution in [0.1, 0.15) is 49.9 Å². The Morgan fingerprint density at radius 2 is 0.754 bits per heavy atom. The molecule has 0 bridgehead atoms. The lowest BCUT2D eigenvalue weighted by Gasteiger charge is -2.25. The van der Waals surface area contributed by atoms with Gasteiger partial charge in [0.1, 0.15) is 0 Å². The summed E-state index contributed by atoms with van der Waals surface area (Å²) >= 11 is 1.81. The van der Waals surface area contributed by atoms with Crippen LogP contribution in [-0.4, -0.2) is 0 Å². The number of benzene rings is 9. The summed E-state index contributed by atoms with van der Waals surface area (Å²) in [6, 6.07) is 59.8. The summed E-state index contributed by atoms with van der Waals surface area (Å²) in [6.45, 7) is 9.23. The van der Waals surface area contributed by atoms with Crippen molar-refractivity contribution < 1.29 is 4.57 Å². The Morgan fingerprint density at radius 1 is 0.351 bits per heavy atom. The highest BCUT2D eigenvalue weighted by atomic mass is 32.1. The number of hydrogen-bond acceptors (Lipinski definition) is 2. The second-order valence-corrected chi connectivity index (χ2v) is 21.0. The summed E-state index contributed by atoms with van der Waals surface area (Å²) in [5.41, 5.74) is 9.81. The molecule has 0 unspecified atom stereocenters. The molecule has 1 aromatic heterocycles. The van der Waals surface area contributed by atoms with Gasteiger partial charge in [0, 0.05) is 46.9 Å². The van der Waals surface area contributed by atoms with Crippen molar-refractivity contribution in [3.05, 3.63) is 186 Å². The van der Waals surface area contributed by atoms with Crippen LogP contribution in [0.4, 0.5) is 0 Å². The van der Waals surface area contributed by atoms with Crippen LogP contribution in [-0.2, 0) is 15.4 Å². The van der Waals surface area contributed by atoms with Crippen LogP contribution in [0.3, 0.4) is 0 Å². The Morgan fingerprint density at radius 3 is 1.30 bits per heavy atom. The Labute approximate surface area is 336 Å². The molecule has 2 aliphatic carbocycles. The van der Waals surface area contributed by atoms with Gasteiger partial charge in [0.25, 0.3) is 0 Å². The fourth-order valence-electron chi connectivity index (χ4n) is 10.6. The van der Waals surface area contributed by atoms with Gasteiger partial charge in [0.15, 0.2) is 7.14 Å². The van der Waals surface area contributed by atoms with E-state index in [0.717, 1.165) is 20.6 Å². The SMILES string of the molecule is CC1(C)c2ccccc2-c2cc(P(=O)(c3ccc4c(c3)-c3ccccc3C4(C)C)c3ccc4c(c3)sc3cc5c6ccccc6c6ccccc6c5cc34)ccc21. The predicted octanol–water partition coefficient (Wildman–Crippen LogP) is 13.8. The third-order valence-electron chi connectivity index (χ3n) is 13.5. The van der Waals surface area contributed by atoms with Crippen molar-refractivity contribution in [3.63, 3.8) is 0 Å². The van der Waals surface area contributed by atoms with Gasteiger partial charge in [0.05, 0.1) is 0 Å². The van der Waals surface area contributed by atoms with Crippen molar-refractivity contribution in [2.24, 2.45) is 0 Å². The molecule has 0 spiro atoms. The molecule has 272 valence electrons. The Hall–Kier alpha value is -5.79. The largest absolute Gasteiger partial charge is 0.309 e. The van der Waals surface area contributed by atoms with Crippen molar-refractivity contribution in [1.29, 1.82) is 0 Å². The number of thiophene rings is 1. The maximum absolute atomic E-state index is 16.7. The van der Waals surface area contributed by atoms with Gasteiger partial charge in [-0.1, -0.05) is 161 Å². The van der Waals surface area contributed by atoms with Crippen LogP contribution < -0.4 is 15.9 Å². The summed E-state index contributed by atoms with van der Waals surface area (Å²) in [6.07, 6.45) is 0. The van der Waals surface area contributed by atoms with Gasteiger partial charge >= 0.3 is 0 Å². The maximum Gasteiger partial charge on any atom is 0.171 e. The average Bonchev–Trinajstić information content (AvgIpc) is 3.81. The molecule has 57 heavy (non-hydrogen) atoms. The zero-order valence-corrected chi connectivity index (χ0v) is 34.1. The van der Waals surface area contributed by atoms with Gasteiger partial charge in [0.2, 0.25) is 0 Å². The molecule has 1 nitrogen and oxygen atoms in total. The first kappa shape index (κ1) is 33.4. The molecule has 0 atom stereocenters. The monoisotopic (exact) mass is 766 g/mol. The molecule has 0 aliphatic heterocycles. The van der Waals surface area contributed by atoms with Gasteiger partial charge in [-0.05, 0) is 107 Å². The fraction of sp³-hybridized carbons (Fsp3) is 0.111. The summed E-state index contributed by atoms with van der Waals surface area (Å²) in [5.74, 6) is 0. The molecule has 0 radical (unpaired) electrons. The van der Waals surface area contributed by atoms with Gasteiger partial charge in [-0.3, -0.25) is 0 Å². The summed E-state index contributed by atoms with van der Waals surface area (Å²) in [7, 11) is -3.40. The highest BCUT2D eigenvalue weighted by molar-refractivity contribution is 7.85. The Balaban J connectivity index is 1.11. The van der Waals surface area contributed by atoms with Crippen molar-refractivity contribution in [3.8, 4) is 22.3 Å².